The zero-order chi connectivity index (χ0) is 22.2. The van der Waals surface area contributed by atoms with Crippen molar-refractivity contribution < 1.29 is 27.9 Å². The molecule has 0 atom stereocenters. The quantitative estimate of drug-likeness (QED) is 0.486. The van der Waals surface area contributed by atoms with Gasteiger partial charge in [0.05, 0.1) is 11.4 Å². The third kappa shape index (κ3) is 3.78. The number of carboxylic acid groups (broad SMARTS) is 1. The van der Waals surface area contributed by atoms with E-state index in [4.69, 9.17) is 5.11 Å². The maximum absolute atomic E-state index is 12.8. The largest absolute Gasteiger partial charge is 0.478 e. The third-order valence-corrected chi connectivity index (χ3v) is 6.50. The fourth-order valence-corrected chi connectivity index (χ4v) is 4.48. The zero-order valence-corrected chi connectivity index (χ0v) is 16.8. The summed E-state index contributed by atoms with van der Waals surface area (Å²) in [6.07, 6.45) is 4.77. The van der Waals surface area contributed by atoms with Gasteiger partial charge < -0.3 is 5.11 Å². The van der Waals surface area contributed by atoms with Crippen LogP contribution in [0.15, 0.2) is 78.0 Å². The monoisotopic (exact) mass is 436 g/mol. The molecule has 2 amide bonds. The summed E-state index contributed by atoms with van der Waals surface area (Å²) in [4.78, 5) is 36.9. The van der Waals surface area contributed by atoms with Gasteiger partial charge in [0.25, 0.3) is 21.8 Å². The van der Waals surface area contributed by atoms with Gasteiger partial charge in [-0.15, -0.1) is 0 Å². The van der Waals surface area contributed by atoms with Crippen LogP contribution in [-0.4, -0.2) is 40.2 Å². The smallest absolute Gasteiger partial charge is 0.328 e. The van der Waals surface area contributed by atoms with Gasteiger partial charge in [0.15, 0.2) is 0 Å². The van der Waals surface area contributed by atoms with Crippen LogP contribution in [0.3, 0.4) is 0 Å². The van der Waals surface area contributed by atoms with Crippen LogP contribution in [0.5, 0.6) is 0 Å². The average molecular weight is 436 g/mol. The number of nitrogens with zero attached hydrogens (tertiary/aromatic N) is 2. The Bertz CT molecular complexity index is 1340. The van der Waals surface area contributed by atoms with Crippen molar-refractivity contribution in [2.45, 2.75) is 11.4 Å². The van der Waals surface area contributed by atoms with Crippen LogP contribution in [-0.2, 0) is 21.4 Å². The van der Waals surface area contributed by atoms with Crippen molar-refractivity contribution in [2.75, 3.05) is 0 Å². The number of hydrogen-bond donors (Lipinski definition) is 1. The molecule has 1 aliphatic heterocycles. The number of fused-ring (bicyclic) bond motifs is 1. The molecule has 31 heavy (non-hydrogen) atoms. The van der Waals surface area contributed by atoms with Gasteiger partial charge in [-0.1, -0.05) is 18.2 Å². The molecular weight excluding hydrogens is 420 g/mol. The third-order valence-electron chi connectivity index (χ3n) is 4.85. The Hall–Kier alpha value is -3.98. The molecule has 9 heteroatoms. The van der Waals surface area contributed by atoms with Crippen molar-refractivity contribution in [3.63, 3.8) is 0 Å². The highest BCUT2D eigenvalue weighted by Gasteiger charge is 2.32. The first kappa shape index (κ1) is 20.3. The van der Waals surface area contributed by atoms with E-state index in [-0.39, 0.29) is 22.9 Å². The van der Waals surface area contributed by atoms with Crippen LogP contribution < -0.4 is 0 Å². The lowest BCUT2D eigenvalue weighted by Crippen LogP contribution is -2.31. The van der Waals surface area contributed by atoms with Crippen molar-refractivity contribution in [2.24, 2.45) is 0 Å². The maximum Gasteiger partial charge on any atom is 0.328 e. The minimum Gasteiger partial charge on any atom is -0.478 e. The van der Waals surface area contributed by atoms with Gasteiger partial charge in [0, 0.05) is 29.6 Å². The van der Waals surface area contributed by atoms with E-state index in [0.29, 0.717) is 11.1 Å². The first-order valence-corrected chi connectivity index (χ1v) is 10.6. The van der Waals surface area contributed by atoms with Crippen LogP contribution in [0.4, 0.5) is 0 Å². The molecule has 156 valence electrons. The number of imide groups is 1. The lowest BCUT2D eigenvalue weighted by atomic mass is 10.1. The van der Waals surface area contributed by atoms with Gasteiger partial charge in [-0.3, -0.25) is 14.5 Å². The molecule has 2 aromatic carbocycles. The molecule has 0 saturated carbocycles. The Kier molecular flexibility index (Phi) is 5.04. The van der Waals surface area contributed by atoms with Crippen LogP contribution in [0.2, 0.25) is 0 Å². The molecule has 0 bridgehead atoms. The highest BCUT2D eigenvalue weighted by atomic mass is 32.2. The maximum atomic E-state index is 12.8. The number of benzene rings is 2. The second-order valence-electron chi connectivity index (χ2n) is 6.83. The molecule has 4 rings (SSSR count). The van der Waals surface area contributed by atoms with E-state index in [2.05, 4.69) is 0 Å². The Morgan fingerprint density at radius 3 is 2.39 bits per heavy atom. The number of aliphatic carboxylic acids is 1. The Labute approximate surface area is 177 Å². The van der Waals surface area contributed by atoms with Gasteiger partial charge in [-0.2, -0.15) is 0 Å². The van der Waals surface area contributed by atoms with Crippen molar-refractivity contribution in [3.8, 4) is 0 Å². The molecule has 0 unspecified atom stereocenters. The topological polar surface area (TPSA) is 114 Å². The van der Waals surface area contributed by atoms with E-state index in [0.717, 1.165) is 20.5 Å². The van der Waals surface area contributed by atoms with E-state index in [1.165, 1.54) is 48.8 Å². The molecule has 0 fully saturated rings. The van der Waals surface area contributed by atoms with Crippen LogP contribution in [0, 0.1) is 0 Å². The molecule has 1 aromatic heterocycles. The highest BCUT2D eigenvalue weighted by Crippen LogP contribution is 2.25. The van der Waals surface area contributed by atoms with Crippen molar-refractivity contribution in [1.82, 2.24) is 8.87 Å². The first-order valence-electron chi connectivity index (χ1n) is 9.16. The summed E-state index contributed by atoms with van der Waals surface area (Å²) in [5, 5.41) is 8.67. The van der Waals surface area contributed by atoms with Crippen LogP contribution >= 0.6 is 0 Å². The zero-order valence-electron chi connectivity index (χ0n) is 16.0. The molecule has 8 nitrogen and oxygen atoms in total. The van der Waals surface area contributed by atoms with Crippen LogP contribution in [0.1, 0.15) is 31.8 Å². The Morgan fingerprint density at radius 2 is 1.71 bits per heavy atom. The van der Waals surface area contributed by atoms with Crippen molar-refractivity contribution in [1.29, 1.82) is 0 Å². The molecule has 0 saturated heterocycles. The minimum absolute atomic E-state index is 0.0514. The molecular formula is C22H16N2O6S. The summed E-state index contributed by atoms with van der Waals surface area (Å²) in [5.41, 5.74) is 1.85. The molecule has 0 spiro atoms. The summed E-state index contributed by atoms with van der Waals surface area (Å²) in [6.45, 7) is 0.171. The molecule has 0 aliphatic carbocycles. The minimum atomic E-state index is -3.93. The summed E-state index contributed by atoms with van der Waals surface area (Å²) >= 11 is 0. The fraction of sp³-hybridized carbons (Fsp3) is 0.0455. The normalized spacial score (nSPS) is 13.5. The standard InChI is InChI=1S/C22H16N2O6S/c25-20(26)10-5-15-11-12-23(13-15)31(29,30)18-8-6-16(7-9-18)21(27)24-14-17-3-1-2-4-19(17)22(24)28/h1-13H,14H2,(H,25,26). The molecule has 1 aliphatic rings. The lowest BCUT2D eigenvalue weighted by molar-refractivity contribution is -0.131. The predicted molar refractivity (Wildman–Crippen MR) is 111 cm³/mol. The molecule has 2 heterocycles. The van der Waals surface area contributed by atoms with Gasteiger partial charge in [0.1, 0.15) is 0 Å². The summed E-state index contributed by atoms with van der Waals surface area (Å²) in [6, 6.07) is 13.8. The van der Waals surface area contributed by atoms with Gasteiger partial charge >= 0.3 is 5.97 Å². The highest BCUT2D eigenvalue weighted by molar-refractivity contribution is 7.90. The van der Waals surface area contributed by atoms with E-state index in [1.54, 1.807) is 24.3 Å². The molecule has 3 aromatic rings. The molecule has 1 N–H and O–H groups in total. The van der Waals surface area contributed by atoms with Crippen LogP contribution in [0.25, 0.3) is 6.08 Å². The predicted octanol–water partition coefficient (Wildman–Crippen LogP) is 2.62. The van der Waals surface area contributed by atoms with Crippen molar-refractivity contribution >= 4 is 33.9 Å². The number of carbonyl (C=O) groups is 3. The first-order chi connectivity index (χ1) is 14.8. The van der Waals surface area contributed by atoms with E-state index >= 15 is 0 Å². The van der Waals surface area contributed by atoms with Gasteiger partial charge in [0.2, 0.25) is 0 Å². The fourth-order valence-electron chi connectivity index (χ4n) is 3.27. The second-order valence-corrected chi connectivity index (χ2v) is 8.67. The Balaban J connectivity index is 1.55. The summed E-state index contributed by atoms with van der Waals surface area (Å²) < 4.78 is 26.6. The van der Waals surface area contributed by atoms with Gasteiger partial charge in [-0.05, 0) is 53.6 Å². The second kappa shape index (κ2) is 7.69. The number of carboxylic acids is 1. The van der Waals surface area contributed by atoms with Crippen molar-refractivity contribution in [3.05, 3.63) is 95.3 Å². The number of rotatable bonds is 5. The van der Waals surface area contributed by atoms with E-state index in [1.807, 2.05) is 0 Å². The number of aromatic nitrogens is 1. The summed E-state index contributed by atoms with van der Waals surface area (Å²) in [7, 11) is -3.93. The molecule has 0 radical (unpaired) electrons. The average Bonchev–Trinajstić information content (AvgIpc) is 3.37. The van der Waals surface area contributed by atoms with E-state index in [9.17, 15) is 22.8 Å². The SMILES string of the molecule is O=C(O)C=Cc1ccn(S(=O)(=O)c2ccc(C(=O)N3Cc4ccccc4C3=O)cc2)c1. The number of carbonyl (C=O) groups excluding carboxylic acids is 2. The van der Waals surface area contributed by atoms with E-state index < -0.39 is 21.9 Å². The Morgan fingerprint density at radius 1 is 1.00 bits per heavy atom. The van der Waals surface area contributed by atoms with Gasteiger partial charge in [-0.25, -0.2) is 17.2 Å². The number of hydrogen-bond acceptors (Lipinski definition) is 5. The lowest BCUT2D eigenvalue weighted by Gasteiger charge is -2.14. The number of amides is 2. The summed E-state index contributed by atoms with van der Waals surface area (Å²) in [5.74, 6) is -2.03.